The van der Waals surface area contributed by atoms with Crippen molar-refractivity contribution in [1.82, 2.24) is 14.8 Å². The molecular formula is C19H17N3O3S. The molecule has 0 spiro atoms. The minimum Gasteiger partial charge on any atom is -0.511 e. The zero-order valence-electron chi connectivity index (χ0n) is 13.7. The predicted molar refractivity (Wildman–Crippen MR) is 101 cm³/mol. The van der Waals surface area contributed by atoms with Crippen molar-refractivity contribution < 1.29 is 15.3 Å². The second kappa shape index (κ2) is 6.28. The molecule has 2 aromatic carbocycles. The molecule has 1 atom stereocenters. The number of rotatable bonds is 3. The highest BCUT2D eigenvalue weighted by Gasteiger charge is 2.31. The molecule has 132 valence electrons. The zero-order chi connectivity index (χ0) is 18.3. The predicted octanol–water partition coefficient (Wildman–Crippen LogP) is 2.66. The minimum absolute atomic E-state index is 0.0636. The summed E-state index contributed by atoms with van der Waals surface area (Å²) in [6, 6.07) is 13.8. The van der Waals surface area contributed by atoms with Gasteiger partial charge in [0.15, 0.2) is 11.0 Å². The van der Waals surface area contributed by atoms with Crippen LogP contribution >= 0.6 is 12.6 Å². The van der Waals surface area contributed by atoms with E-state index < -0.39 is 12.2 Å². The molecule has 3 aromatic rings. The lowest BCUT2D eigenvalue weighted by molar-refractivity contribution is 0.0191. The van der Waals surface area contributed by atoms with E-state index in [0.29, 0.717) is 16.6 Å². The Morgan fingerprint density at radius 2 is 1.88 bits per heavy atom. The Bertz CT molecular complexity index is 1050. The Labute approximate surface area is 155 Å². The molecule has 1 unspecified atom stereocenters. The summed E-state index contributed by atoms with van der Waals surface area (Å²) >= 11 is 4.43. The van der Waals surface area contributed by atoms with Gasteiger partial charge in [-0.3, -0.25) is 4.57 Å². The number of benzene rings is 2. The van der Waals surface area contributed by atoms with Crippen LogP contribution in [0.3, 0.4) is 0 Å². The molecule has 0 fully saturated rings. The van der Waals surface area contributed by atoms with Crippen molar-refractivity contribution in [3.05, 3.63) is 66.2 Å². The molecule has 26 heavy (non-hydrogen) atoms. The normalized spacial score (nSPS) is 20.1. The second-order valence-corrected chi connectivity index (χ2v) is 6.69. The maximum atomic E-state index is 10.4. The van der Waals surface area contributed by atoms with Crippen LogP contribution < -0.4 is 0 Å². The number of hydrogen-bond donors (Lipinski definition) is 4. The number of aliphatic hydroxyl groups excluding tert-OH is 2. The average Bonchev–Trinajstić information content (AvgIpc) is 3.02. The molecule has 0 radical (unpaired) electrons. The Hall–Kier alpha value is -2.61. The smallest absolute Gasteiger partial charge is 0.193 e. The monoisotopic (exact) mass is 367 g/mol. The van der Waals surface area contributed by atoms with Crippen molar-refractivity contribution in [2.24, 2.45) is 0 Å². The van der Waals surface area contributed by atoms with Gasteiger partial charge < -0.3 is 15.3 Å². The molecule has 0 amide bonds. The first kappa shape index (κ1) is 16.8. The van der Waals surface area contributed by atoms with Crippen LogP contribution in [-0.2, 0) is 0 Å². The van der Waals surface area contributed by atoms with E-state index in [9.17, 15) is 15.3 Å². The summed E-state index contributed by atoms with van der Waals surface area (Å²) in [6.45, 7) is -0.478. The van der Waals surface area contributed by atoms with E-state index in [1.54, 1.807) is 10.6 Å². The summed E-state index contributed by atoms with van der Waals surface area (Å²) in [6.07, 6.45) is 2.91. The van der Waals surface area contributed by atoms with Crippen LogP contribution in [0, 0.1) is 0 Å². The lowest BCUT2D eigenvalue weighted by atomic mass is 9.91. The number of nitrogens with zero attached hydrogens (tertiary/aromatic N) is 3. The quantitative estimate of drug-likeness (QED) is 0.534. The summed E-state index contributed by atoms with van der Waals surface area (Å²) in [5.41, 5.74) is -0.199. The minimum atomic E-state index is -1.47. The van der Waals surface area contributed by atoms with Crippen molar-refractivity contribution in [1.29, 1.82) is 0 Å². The summed E-state index contributed by atoms with van der Waals surface area (Å²) in [5, 5.41) is 40.6. The average molecular weight is 367 g/mol. The largest absolute Gasteiger partial charge is 0.511 e. The maximum Gasteiger partial charge on any atom is 0.193 e. The lowest BCUT2D eigenvalue weighted by Gasteiger charge is -2.26. The van der Waals surface area contributed by atoms with E-state index >= 15 is 0 Å². The fourth-order valence-electron chi connectivity index (χ4n) is 3.17. The molecule has 1 aliphatic carbocycles. The van der Waals surface area contributed by atoms with Gasteiger partial charge in [0.1, 0.15) is 11.4 Å². The highest BCUT2D eigenvalue weighted by atomic mass is 32.1. The summed E-state index contributed by atoms with van der Waals surface area (Å²) < 4.78 is 1.75. The van der Waals surface area contributed by atoms with Crippen LogP contribution in [0.1, 0.15) is 12.2 Å². The van der Waals surface area contributed by atoms with E-state index in [-0.39, 0.29) is 12.2 Å². The Balaban J connectivity index is 1.90. The highest BCUT2D eigenvalue weighted by Crippen LogP contribution is 2.33. The molecule has 6 nitrogen and oxygen atoms in total. The molecular weight excluding hydrogens is 350 g/mol. The van der Waals surface area contributed by atoms with Gasteiger partial charge in [0.05, 0.1) is 17.9 Å². The number of hydrogen-bond acceptors (Lipinski definition) is 6. The van der Waals surface area contributed by atoms with Gasteiger partial charge in [-0.1, -0.05) is 36.4 Å². The van der Waals surface area contributed by atoms with Crippen LogP contribution in [-0.4, -0.2) is 42.3 Å². The van der Waals surface area contributed by atoms with Gasteiger partial charge in [-0.05, 0) is 23.6 Å². The zero-order valence-corrected chi connectivity index (χ0v) is 14.6. The van der Waals surface area contributed by atoms with E-state index in [4.69, 9.17) is 0 Å². The van der Waals surface area contributed by atoms with Crippen LogP contribution in [0.5, 0.6) is 0 Å². The van der Waals surface area contributed by atoms with Crippen LogP contribution in [0.25, 0.3) is 22.0 Å². The molecule has 1 aromatic heterocycles. The standard InChI is InChI=1S/C19H17N3O3S/c23-11-19(25)9-8-14(16(24)10-19)17-20-21-18(26)22(17)15-7-3-5-12-4-1-2-6-13(12)15/h1-9,23-25H,10-11H2,(H,21,26). The number of thiol groups is 1. The number of aliphatic hydroxyl groups is 3. The lowest BCUT2D eigenvalue weighted by Crippen LogP contribution is -2.33. The molecule has 0 saturated carbocycles. The van der Waals surface area contributed by atoms with Gasteiger partial charge >= 0.3 is 0 Å². The van der Waals surface area contributed by atoms with E-state index in [1.165, 1.54) is 6.08 Å². The highest BCUT2D eigenvalue weighted by molar-refractivity contribution is 7.80. The molecule has 1 heterocycles. The third-order valence-electron chi connectivity index (χ3n) is 4.51. The molecule has 7 heteroatoms. The first-order valence-corrected chi connectivity index (χ1v) is 8.55. The van der Waals surface area contributed by atoms with E-state index in [1.807, 2.05) is 42.5 Å². The van der Waals surface area contributed by atoms with E-state index in [0.717, 1.165) is 16.5 Å². The Morgan fingerprint density at radius 1 is 1.12 bits per heavy atom. The van der Waals surface area contributed by atoms with Gasteiger partial charge in [0, 0.05) is 11.8 Å². The molecule has 0 bridgehead atoms. The summed E-state index contributed by atoms with van der Waals surface area (Å²) in [4.78, 5) is 0. The van der Waals surface area contributed by atoms with E-state index in [2.05, 4.69) is 22.8 Å². The second-order valence-electron chi connectivity index (χ2n) is 6.29. The number of aromatic nitrogens is 3. The Kier molecular flexibility index (Phi) is 4.07. The van der Waals surface area contributed by atoms with Crippen molar-refractivity contribution in [3.63, 3.8) is 0 Å². The van der Waals surface area contributed by atoms with Crippen molar-refractivity contribution in [2.45, 2.75) is 17.2 Å². The topological polar surface area (TPSA) is 91.4 Å². The van der Waals surface area contributed by atoms with Gasteiger partial charge in [-0.2, -0.15) is 0 Å². The molecule has 3 N–H and O–H groups in total. The summed E-state index contributed by atoms with van der Waals surface area (Å²) in [5.74, 6) is 0.353. The van der Waals surface area contributed by atoms with Crippen LogP contribution in [0.4, 0.5) is 0 Å². The third-order valence-corrected chi connectivity index (χ3v) is 4.80. The Morgan fingerprint density at radius 3 is 2.65 bits per heavy atom. The van der Waals surface area contributed by atoms with Gasteiger partial charge in [-0.25, -0.2) is 0 Å². The molecule has 0 saturated heterocycles. The third kappa shape index (κ3) is 2.70. The molecule has 0 aliphatic heterocycles. The first-order valence-electron chi connectivity index (χ1n) is 8.10. The van der Waals surface area contributed by atoms with Crippen molar-refractivity contribution in [3.8, 4) is 5.69 Å². The molecule has 1 aliphatic rings. The fourth-order valence-corrected chi connectivity index (χ4v) is 3.41. The van der Waals surface area contributed by atoms with Crippen LogP contribution in [0.2, 0.25) is 0 Å². The van der Waals surface area contributed by atoms with Crippen LogP contribution in [0.15, 0.2) is 65.5 Å². The maximum absolute atomic E-state index is 10.4. The number of allylic oxidation sites excluding steroid dienone is 2. The van der Waals surface area contributed by atoms with Gasteiger partial charge in [-0.15, -0.1) is 22.8 Å². The fraction of sp³-hybridized carbons (Fsp3) is 0.158. The van der Waals surface area contributed by atoms with Crippen molar-refractivity contribution in [2.75, 3.05) is 6.61 Å². The number of fused-ring (bicyclic) bond motifs is 1. The van der Waals surface area contributed by atoms with Crippen molar-refractivity contribution >= 4 is 29.0 Å². The summed E-state index contributed by atoms with van der Waals surface area (Å²) in [7, 11) is 0. The first-order chi connectivity index (χ1) is 12.5. The SMILES string of the molecule is OCC1(O)C=CC(c2nnc(S)n2-c2cccc3ccccc23)=C(O)C1. The van der Waals surface area contributed by atoms with Gasteiger partial charge in [0.25, 0.3) is 0 Å². The molecule has 4 rings (SSSR count). The van der Waals surface area contributed by atoms with Gasteiger partial charge in [0.2, 0.25) is 0 Å².